The SMILES string of the molecule is Cl.O=C(CCc1ccc(NC2=NCCN2)cc1)c1ccc(Cl)c(Cl)c1. The molecular weight excluding hydrogens is 381 g/mol. The Hall–Kier alpha value is -1.75. The van der Waals surface area contributed by atoms with Crippen LogP contribution in [0, 0.1) is 0 Å². The van der Waals surface area contributed by atoms with Gasteiger partial charge in [-0.3, -0.25) is 9.79 Å². The van der Waals surface area contributed by atoms with E-state index in [2.05, 4.69) is 15.6 Å². The van der Waals surface area contributed by atoms with E-state index in [4.69, 9.17) is 23.2 Å². The van der Waals surface area contributed by atoms with Crippen LogP contribution in [0.25, 0.3) is 0 Å². The monoisotopic (exact) mass is 397 g/mol. The van der Waals surface area contributed by atoms with Crippen molar-refractivity contribution >= 4 is 53.0 Å². The molecule has 25 heavy (non-hydrogen) atoms. The van der Waals surface area contributed by atoms with Crippen LogP contribution >= 0.6 is 35.6 Å². The largest absolute Gasteiger partial charge is 0.354 e. The van der Waals surface area contributed by atoms with Crippen molar-refractivity contribution in [3.05, 3.63) is 63.6 Å². The lowest BCUT2D eigenvalue weighted by Gasteiger charge is -2.08. The molecule has 0 amide bonds. The number of ketones is 1. The number of carbonyl (C=O) groups is 1. The van der Waals surface area contributed by atoms with Crippen LogP contribution in [-0.2, 0) is 6.42 Å². The Labute approximate surface area is 163 Å². The third kappa shape index (κ3) is 5.36. The summed E-state index contributed by atoms with van der Waals surface area (Å²) in [6, 6.07) is 13.0. The zero-order valence-corrected chi connectivity index (χ0v) is 15.7. The van der Waals surface area contributed by atoms with Crippen molar-refractivity contribution in [2.45, 2.75) is 12.8 Å². The summed E-state index contributed by atoms with van der Waals surface area (Å²) in [5.74, 6) is 0.859. The number of hydrogen-bond donors (Lipinski definition) is 2. The molecule has 2 aromatic carbocycles. The molecule has 0 aromatic heterocycles. The molecule has 2 N–H and O–H groups in total. The molecular formula is C18H18Cl3N3O. The molecule has 0 saturated heterocycles. The molecule has 0 spiro atoms. The maximum atomic E-state index is 12.2. The van der Waals surface area contributed by atoms with Gasteiger partial charge in [-0.15, -0.1) is 12.4 Å². The Kier molecular flexibility index (Phi) is 7.12. The summed E-state index contributed by atoms with van der Waals surface area (Å²) >= 11 is 11.8. The van der Waals surface area contributed by atoms with Crippen molar-refractivity contribution in [1.29, 1.82) is 0 Å². The molecule has 3 rings (SSSR count). The van der Waals surface area contributed by atoms with E-state index in [-0.39, 0.29) is 18.2 Å². The molecule has 0 fully saturated rings. The van der Waals surface area contributed by atoms with Crippen LogP contribution < -0.4 is 10.6 Å². The third-order valence-corrected chi connectivity index (χ3v) is 4.51. The molecule has 0 saturated carbocycles. The second-order valence-electron chi connectivity index (χ2n) is 5.53. The zero-order valence-electron chi connectivity index (χ0n) is 13.4. The van der Waals surface area contributed by atoms with Crippen molar-refractivity contribution in [1.82, 2.24) is 5.32 Å². The third-order valence-electron chi connectivity index (χ3n) is 3.77. The van der Waals surface area contributed by atoms with Crippen molar-refractivity contribution < 1.29 is 4.79 Å². The van der Waals surface area contributed by atoms with Crippen LogP contribution in [-0.4, -0.2) is 24.8 Å². The second-order valence-corrected chi connectivity index (χ2v) is 6.35. The highest BCUT2D eigenvalue weighted by molar-refractivity contribution is 6.42. The van der Waals surface area contributed by atoms with Crippen molar-refractivity contribution in [3.63, 3.8) is 0 Å². The fraction of sp³-hybridized carbons (Fsp3) is 0.222. The number of aliphatic imine (C=N–C) groups is 1. The normalized spacial score (nSPS) is 12.8. The lowest BCUT2D eigenvalue weighted by atomic mass is 10.0. The van der Waals surface area contributed by atoms with Crippen molar-refractivity contribution in [3.8, 4) is 0 Å². The van der Waals surface area contributed by atoms with Gasteiger partial charge in [0.05, 0.1) is 16.6 Å². The summed E-state index contributed by atoms with van der Waals surface area (Å²) in [4.78, 5) is 16.5. The summed E-state index contributed by atoms with van der Waals surface area (Å²) in [7, 11) is 0. The van der Waals surface area contributed by atoms with Crippen LogP contribution in [0.15, 0.2) is 47.5 Å². The topological polar surface area (TPSA) is 53.5 Å². The van der Waals surface area contributed by atoms with Crippen LogP contribution in [0.2, 0.25) is 10.0 Å². The fourth-order valence-corrected chi connectivity index (χ4v) is 2.74. The minimum absolute atomic E-state index is 0. The number of anilines is 1. The van der Waals surface area contributed by atoms with E-state index in [1.165, 1.54) is 0 Å². The van der Waals surface area contributed by atoms with Crippen LogP contribution in [0.3, 0.4) is 0 Å². The molecule has 4 nitrogen and oxygen atoms in total. The lowest BCUT2D eigenvalue weighted by Crippen LogP contribution is -2.26. The maximum absolute atomic E-state index is 12.2. The van der Waals surface area contributed by atoms with E-state index in [1.807, 2.05) is 24.3 Å². The first-order valence-corrected chi connectivity index (χ1v) is 8.50. The predicted molar refractivity (Wildman–Crippen MR) is 107 cm³/mol. The van der Waals surface area contributed by atoms with Crippen molar-refractivity contribution in [2.24, 2.45) is 4.99 Å². The Balaban J connectivity index is 0.00000225. The Morgan fingerprint density at radius 3 is 2.52 bits per heavy atom. The summed E-state index contributed by atoms with van der Waals surface area (Å²) < 4.78 is 0. The Morgan fingerprint density at radius 2 is 1.88 bits per heavy atom. The van der Waals surface area contributed by atoms with Crippen LogP contribution in [0.5, 0.6) is 0 Å². The van der Waals surface area contributed by atoms with Crippen LogP contribution in [0.1, 0.15) is 22.3 Å². The molecule has 0 bridgehead atoms. The van der Waals surface area contributed by atoms with E-state index < -0.39 is 0 Å². The molecule has 1 aliphatic rings. The van der Waals surface area contributed by atoms with E-state index >= 15 is 0 Å². The maximum Gasteiger partial charge on any atom is 0.195 e. The van der Waals surface area contributed by atoms with Crippen LogP contribution in [0.4, 0.5) is 5.69 Å². The number of hydrogen-bond acceptors (Lipinski definition) is 4. The smallest absolute Gasteiger partial charge is 0.195 e. The average molecular weight is 399 g/mol. The minimum atomic E-state index is 0. The number of Topliss-reactive ketones (excluding diaryl/α,β-unsaturated/α-hetero) is 1. The number of guanidine groups is 1. The van der Waals surface area contributed by atoms with Gasteiger partial charge < -0.3 is 10.6 Å². The first kappa shape index (κ1) is 19.6. The number of rotatable bonds is 5. The van der Waals surface area contributed by atoms with Gasteiger partial charge in [-0.05, 0) is 42.3 Å². The first-order chi connectivity index (χ1) is 11.6. The van der Waals surface area contributed by atoms with Gasteiger partial charge in [0, 0.05) is 24.2 Å². The minimum Gasteiger partial charge on any atom is -0.354 e. The zero-order chi connectivity index (χ0) is 16.9. The van der Waals surface area contributed by atoms with Gasteiger partial charge >= 0.3 is 0 Å². The van der Waals surface area contributed by atoms with Gasteiger partial charge in [-0.1, -0.05) is 35.3 Å². The standard InChI is InChI=1S/C18H17Cl2N3O.ClH/c19-15-7-4-13(11-16(15)20)17(24)8-3-12-1-5-14(6-2-12)23-18-21-9-10-22-18;/h1-2,4-7,11H,3,8-10H2,(H2,21,22,23);1H. The fourth-order valence-electron chi connectivity index (χ4n) is 2.44. The predicted octanol–water partition coefficient (Wildman–Crippen LogP) is 4.60. The van der Waals surface area contributed by atoms with Gasteiger partial charge in [0.2, 0.25) is 0 Å². The van der Waals surface area contributed by atoms with Gasteiger partial charge in [0.1, 0.15) is 0 Å². The number of benzene rings is 2. The molecule has 0 unspecified atom stereocenters. The van der Waals surface area contributed by atoms with E-state index in [0.717, 1.165) is 30.3 Å². The molecule has 2 aromatic rings. The quantitative estimate of drug-likeness (QED) is 0.724. The molecule has 7 heteroatoms. The average Bonchev–Trinajstić information content (AvgIpc) is 3.09. The molecule has 0 aliphatic carbocycles. The second kappa shape index (κ2) is 9.09. The Bertz CT molecular complexity index is 776. The summed E-state index contributed by atoms with van der Waals surface area (Å²) in [6.45, 7) is 1.68. The molecule has 1 heterocycles. The number of halogens is 3. The summed E-state index contributed by atoms with van der Waals surface area (Å²) in [5.41, 5.74) is 2.67. The first-order valence-electron chi connectivity index (χ1n) is 7.74. The lowest BCUT2D eigenvalue weighted by molar-refractivity contribution is 0.0983. The molecule has 0 atom stereocenters. The van der Waals surface area contributed by atoms with E-state index in [1.54, 1.807) is 18.2 Å². The Morgan fingerprint density at radius 1 is 1.12 bits per heavy atom. The van der Waals surface area contributed by atoms with E-state index in [0.29, 0.717) is 28.5 Å². The van der Waals surface area contributed by atoms with E-state index in [9.17, 15) is 4.79 Å². The highest BCUT2D eigenvalue weighted by atomic mass is 35.5. The number of nitrogens with zero attached hydrogens (tertiary/aromatic N) is 1. The molecule has 1 aliphatic heterocycles. The summed E-state index contributed by atoms with van der Waals surface area (Å²) in [6.07, 6.45) is 1.11. The number of aryl methyl sites for hydroxylation is 1. The van der Waals surface area contributed by atoms with Gasteiger partial charge in [0.15, 0.2) is 11.7 Å². The highest BCUT2D eigenvalue weighted by Gasteiger charge is 2.09. The number of carbonyl (C=O) groups excluding carboxylic acids is 1. The highest BCUT2D eigenvalue weighted by Crippen LogP contribution is 2.23. The molecule has 0 radical (unpaired) electrons. The number of nitrogens with one attached hydrogen (secondary N) is 2. The van der Waals surface area contributed by atoms with Gasteiger partial charge in [-0.25, -0.2) is 0 Å². The van der Waals surface area contributed by atoms with Crippen molar-refractivity contribution in [2.75, 3.05) is 18.4 Å². The molecule has 132 valence electrons. The van der Waals surface area contributed by atoms with Gasteiger partial charge in [-0.2, -0.15) is 0 Å². The van der Waals surface area contributed by atoms with Gasteiger partial charge in [0.25, 0.3) is 0 Å². The summed E-state index contributed by atoms with van der Waals surface area (Å²) in [5, 5.41) is 7.24.